The number of ether oxygens (including phenoxy) is 1. The molecule has 0 radical (unpaired) electrons. The molecule has 2 aliphatic heterocycles. The Morgan fingerprint density at radius 3 is 2.90 bits per heavy atom. The van der Waals surface area contributed by atoms with Crippen molar-refractivity contribution in [2.45, 2.75) is 32.2 Å². The lowest BCUT2D eigenvalue weighted by molar-refractivity contribution is 0.102. The van der Waals surface area contributed by atoms with Gasteiger partial charge in [0.05, 0.1) is 6.61 Å². The SMILES string of the molecule is CCOc1nc(Cl)nc(N2CCC3C(CCCN3C)C2)n1. The van der Waals surface area contributed by atoms with E-state index in [1.165, 1.54) is 19.4 Å². The van der Waals surface area contributed by atoms with E-state index in [9.17, 15) is 0 Å². The number of aromatic nitrogens is 3. The average molecular weight is 312 g/mol. The van der Waals surface area contributed by atoms with E-state index in [4.69, 9.17) is 16.3 Å². The van der Waals surface area contributed by atoms with Crippen LogP contribution in [0.4, 0.5) is 5.95 Å². The van der Waals surface area contributed by atoms with E-state index in [2.05, 4.69) is 31.8 Å². The Balaban J connectivity index is 1.75. The molecule has 7 heteroatoms. The van der Waals surface area contributed by atoms with Crippen molar-refractivity contribution in [3.05, 3.63) is 5.28 Å². The maximum Gasteiger partial charge on any atom is 0.322 e. The first kappa shape index (κ1) is 14.8. The van der Waals surface area contributed by atoms with E-state index in [1.54, 1.807) is 0 Å². The molecule has 0 N–H and O–H groups in total. The molecule has 6 nitrogen and oxygen atoms in total. The maximum absolute atomic E-state index is 5.99. The van der Waals surface area contributed by atoms with Crippen LogP contribution < -0.4 is 9.64 Å². The molecule has 0 spiro atoms. The summed E-state index contributed by atoms with van der Waals surface area (Å²) in [7, 11) is 2.24. The highest BCUT2D eigenvalue weighted by molar-refractivity contribution is 6.28. The number of hydrogen-bond acceptors (Lipinski definition) is 6. The summed E-state index contributed by atoms with van der Waals surface area (Å²) in [5, 5.41) is 0.200. The van der Waals surface area contributed by atoms with Crippen molar-refractivity contribution in [1.82, 2.24) is 19.9 Å². The van der Waals surface area contributed by atoms with E-state index in [1.807, 2.05) is 6.92 Å². The van der Waals surface area contributed by atoms with Gasteiger partial charge in [0.1, 0.15) is 0 Å². The maximum atomic E-state index is 5.99. The van der Waals surface area contributed by atoms with Crippen LogP contribution in [0.5, 0.6) is 6.01 Å². The van der Waals surface area contributed by atoms with Crippen molar-refractivity contribution >= 4 is 17.5 Å². The standard InChI is InChI=1S/C14H22ClN5O/c1-3-21-14-17-12(15)16-13(18-14)20-8-6-11-10(9-20)5-4-7-19(11)2/h10-11H,3-9H2,1-2H3. The molecule has 116 valence electrons. The minimum atomic E-state index is 0.200. The van der Waals surface area contributed by atoms with Gasteiger partial charge in [-0.25, -0.2) is 0 Å². The topological polar surface area (TPSA) is 54.4 Å². The van der Waals surface area contributed by atoms with Crippen molar-refractivity contribution in [2.24, 2.45) is 5.92 Å². The number of halogens is 1. The van der Waals surface area contributed by atoms with Gasteiger partial charge in [-0.05, 0) is 57.3 Å². The van der Waals surface area contributed by atoms with Crippen molar-refractivity contribution < 1.29 is 4.74 Å². The zero-order chi connectivity index (χ0) is 14.8. The molecule has 2 aliphatic rings. The van der Waals surface area contributed by atoms with Crippen LogP contribution in [-0.4, -0.2) is 59.2 Å². The molecule has 2 atom stereocenters. The van der Waals surface area contributed by atoms with Gasteiger partial charge in [-0.3, -0.25) is 0 Å². The Hall–Kier alpha value is -1.14. The Labute approximate surface area is 130 Å². The fourth-order valence-corrected chi connectivity index (χ4v) is 3.64. The molecule has 0 amide bonds. The van der Waals surface area contributed by atoms with Crippen molar-refractivity contribution in [3.63, 3.8) is 0 Å². The summed E-state index contributed by atoms with van der Waals surface area (Å²) >= 11 is 5.99. The molecule has 3 rings (SSSR count). The van der Waals surface area contributed by atoms with Crippen LogP contribution in [-0.2, 0) is 0 Å². The normalized spacial score (nSPS) is 26.5. The van der Waals surface area contributed by atoms with Crippen LogP contribution >= 0.6 is 11.6 Å². The average Bonchev–Trinajstić information content (AvgIpc) is 2.47. The molecule has 2 unspecified atom stereocenters. The highest BCUT2D eigenvalue weighted by Gasteiger charge is 2.35. The second-order valence-corrected chi connectivity index (χ2v) is 6.14. The molecule has 0 aliphatic carbocycles. The van der Waals surface area contributed by atoms with Crippen LogP contribution in [0.2, 0.25) is 5.28 Å². The zero-order valence-electron chi connectivity index (χ0n) is 12.6. The minimum absolute atomic E-state index is 0.200. The Kier molecular flexibility index (Phi) is 4.45. The van der Waals surface area contributed by atoms with Crippen molar-refractivity contribution in [2.75, 3.05) is 38.2 Å². The highest BCUT2D eigenvalue weighted by atomic mass is 35.5. The third kappa shape index (κ3) is 3.21. The highest BCUT2D eigenvalue weighted by Crippen LogP contribution is 2.31. The number of fused-ring (bicyclic) bond motifs is 1. The molecule has 1 aromatic rings. The fraction of sp³-hybridized carbons (Fsp3) is 0.786. The summed E-state index contributed by atoms with van der Waals surface area (Å²) in [6.45, 7) is 5.58. The number of anilines is 1. The van der Waals surface area contributed by atoms with E-state index >= 15 is 0 Å². The predicted molar refractivity (Wildman–Crippen MR) is 82.0 cm³/mol. The summed E-state index contributed by atoms with van der Waals surface area (Å²) in [4.78, 5) is 17.4. The fourth-order valence-electron chi connectivity index (χ4n) is 3.49. The number of rotatable bonds is 3. The second kappa shape index (κ2) is 6.32. The molecular weight excluding hydrogens is 290 g/mol. The van der Waals surface area contributed by atoms with Crippen LogP contribution in [0.25, 0.3) is 0 Å². The number of likely N-dealkylation sites (tertiary alicyclic amines) is 1. The lowest BCUT2D eigenvalue weighted by Crippen LogP contribution is -2.53. The van der Waals surface area contributed by atoms with Crippen LogP contribution in [0, 0.1) is 5.92 Å². The Bertz CT molecular complexity index is 500. The van der Waals surface area contributed by atoms with Gasteiger partial charge in [-0.1, -0.05) is 0 Å². The summed E-state index contributed by atoms with van der Waals surface area (Å²) in [5.74, 6) is 1.33. The summed E-state index contributed by atoms with van der Waals surface area (Å²) in [5.41, 5.74) is 0. The minimum Gasteiger partial charge on any atom is -0.464 e. The number of hydrogen-bond donors (Lipinski definition) is 0. The number of nitrogens with zero attached hydrogens (tertiary/aromatic N) is 5. The lowest BCUT2D eigenvalue weighted by atomic mass is 9.84. The first-order valence-electron chi connectivity index (χ1n) is 7.67. The van der Waals surface area contributed by atoms with Gasteiger partial charge in [0.2, 0.25) is 11.2 Å². The van der Waals surface area contributed by atoms with Crippen LogP contribution in [0.15, 0.2) is 0 Å². The smallest absolute Gasteiger partial charge is 0.322 e. The predicted octanol–water partition coefficient (Wildman–Crippen LogP) is 1.84. The van der Waals surface area contributed by atoms with E-state index in [-0.39, 0.29) is 5.28 Å². The number of piperidine rings is 2. The quantitative estimate of drug-likeness (QED) is 0.849. The molecule has 3 heterocycles. The third-order valence-corrected chi connectivity index (χ3v) is 4.65. The largest absolute Gasteiger partial charge is 0.464 e. The van der Waals surface area contributed by atoms with Gasteiger partial charge < -0.3 is 14.5 Å². The van der Waals surface area contributed by atoms with Gasteiger partial charge >= 0.3 is 6.01 Å². The first-order valence-corrected chi connectivity index (χ1v) is 8.04. The van der Waals surface area contributed by atoms with E-state index in [0.29, 0.717) is 30.5 Å². The summed E-state index contributed by atoms with van der Waals surface area (Å²) < 4.78 is 5.36. The lowest BCUT2D eigenvalue weighted by Gasteiger charge is -2.45. The molecule has 2 fully saturated rings. The van der Waals surface area contributed by atoms with Gasteiger partial charge in [-0.2, -0.15) is 15.0 Å². The molecule has 0 saturated carbocycles. The molecule has 1 aromatic heterocycles. The van der Waals surface area contributed by atoms with Crippen LogP contribution in [0.1, 0.15) is 26.2 Å². The monoisotopic (exact) mass is 311 g/mol. The third-order valence-electron chi connectivity index (χ3n) is 4.48. The van der Waals surface area contributed by atoms with Gasteiger partial charge in [0.25, 0.3) is 0 Å². The van der Waals surface area contributed by atoms with E-state index in [0.717, 1.165) is 19.5 Å². The zero-order valence-corrected chi connectivity index (χ0v) is 13.4. The Morgan fingerprint density at radius 2 is 2.10 bits per heavy atom. The molecule has 0 bridgehead atoms. The Morgan fingerprint density at radius 1 is 1.24 bits per heavy atom. The molecule has 21 heavy (non-hydrogen) atoms. The van der Waals surface area contributed by atoms with Crippen molar-refractivity contribution in [3.8, 4) is 6.01 Å². The van der Waals surface area contributed by atoms with Gasteiger partial charge in [0, 0.05) is 19.1 Å². The van der Waals surface area contributed by atoms with Gasteiger partial charge in [-0.15, -0.1) is 0 Å². The first-order chi connectivity index (χ1) is 10.2. The van der Waals surface area contributed by atoms with Crippen molar-refractivity contribution in [1.29, 1.82) is 0 Å². The second-order valence-electron chi connectivity index (χ2n) is 5.80. The summed E-state index contributed by atoms with van der Waals surface area (Å²) in [6, 6.07) is 1.01. The summed E-state index contributed by atoms with van der Waals surface area (Å²) in [6.07, 6.45) is 3.70. The van der Waals surface area contributed by atoms with E-state index < -0.39 is 0 Å². The molecular formula is C14H22ClN5O. The molecule has 2 saturated heterocycles. The van der Waals surface area contributed by atoms with Crippen LogP contribution in [0.3, 0.4) is 0 Å². The van der Waals surface area contributed by atoms with Gasteiger partial charge in [0.15, 0.2) is 0 Å². The molecule has 0 aromatic carbocycles.